The maximum atomic E-state index is 13.5. The molecule has 1 N–H and O–H groups in total. The zero-order chi connectivity index (χ0) is 19.9. The third kappa shape index (κ3) is 3.11. The summed E-state index contributed by atoms with van der Waals surface area (Å²) in [6.07, 6.45) is -0.548. The summed E-state index contributed by atoms with van der Waals surface area (Å²) in [5.41, 5.74) is 0.0162. The van der Waals surface area contributed by atoms with E-state index in [1.165, 1.54) is 18.5 Å². The van der Waals surface area contributed by atoms with Gasteiger partial charge in [0, 0.05) is 38.1 Å². The molecule has 6 nitrogen and oxygen atoms in total. The van der Waals surface area contributed by atoms with Crippen LogP contribution < -0.4 is 9.80 Å². The number of H-pyrrole nitrogens is 1. The molecule has 0 bridgehead atoms. The molecule has 1 aromatic carbocycles. The van der Waals surface area contributed by atoms with Gasteiger partial charge in [0.2, 0.25) is 0 Å². The zero-order valence-corrected chi connectivity index (χ0v) is 15.0. The second-order valence-electron chi connectivity index (χ2n) is 6.75. The lowest BCUT2D eigenvalue weighted by atomic mass is 10.1. The van der Waals surface area contributed by atoms with Crippen molar-refractivity contribution >= 4 is 28.2 Å². The number of nitrogens with zero attached hydrogens (tertiary/aromatic N) is 5. The second-order valence-corrected chi connectivity index (χ2v) is 6.75. The molecular weight excluding hydrogens is 369 g/mol. The number of halogens is 3. The Bertz CT molecular complexity index is 1050. The first-order valence-corrected chi connectivity index (χ1v) is 8.73. The highest BCUT2D eigenvalue weighted by Gasteiger charge is 2.37. The number of benzene rings is 1. The second kappa shape index (κ2) is 6.71. The molecule has 144 valence electrons. The normalized spacial score (nSPS) is 17.1. The molecule has 0 saturated carbocycles. The molecule has 28 heavy (non-hydrogen) atoms. The largest absolute Gasteiger partial charge is 0.417 e. The molecule has 4 rings (SSSR count). The molecule has 0 unspecified atom stereocenters. The zero-order valence-electron chi connectivity index (χ0n) is 15.0. The van der Waals surface area contributed by atoms with Crippen LogP contribution in [0.5, 0.6) is 0 Å². The van der Waals surface area contributed by atoms with Gasteiger partial charge in [-0.15, -0.1) is 0 Å². The minimum Gasteiger partial charge on any atom is -0.369 e. The van der Waals surface area contributed by atoms with Crippen LogP contribution in [0.4, 0.5) is 30.4 Å². The maximum absolute atomic E-state index is 13.5. The molecule has 0 amide bonds. The molecule has 1 saturated heterocycles. The van der Waals surface area contributed by atoms with Gasteiger partial charge in [0.15, 0.2) is 5.69 Å². The van der Waals surface area contributed by atoms with Crippen molar-refractivity contribution in [2.75, 3.05) is 29.9 Å². The van der Waals surface area contributed by atoms with Gasteiger partial charge >= 0.3 is 6.18 Å². The minimum absolute atomic E-state index is 0.0200. The van der Waals surface area contributed by atoms with Crippen LogP contribution in [0.2, 0.25) is 0 Å². The molecule has 1 aliphatic heterocycles. The van der Waals surface area contributed by atoms with Crippen LogP contribution >= 0.6 is 0 Å². The Morgan fingerprint density at radius 3 is 2.86 bits per heavy atom. The van der Waals surface area contributed by atoms with E-state index in [-0.39, 0.29) is 17.4 Å². The Labute approximate surface area is 159 Å². The number of aromatic amines is 1. The van der Waals surface area contributed by atoms with Crippen molar-refractivity contribution in [2.24, 2.45) is 0 Å². The Balaban J connectivity index is 1.61. The highest BCUT2D eigenvalue weighted by atomic mass is 19.4. The predicted octanol–water partition coefficient (Wildman–Crippen LogP) is 4.24. The highest BCUT2D eigenvalue weighted by molar-refractivity contribution is 5.87. The standard InChI is InChI=1S/C19H17F3N6/c1-23-12-3-4-16(15(9-12)19(20,21)22)27(2)13-6-8-28(10-13)18-14-5-7-24-17(14)25-11-26-18/h3-5,7,9,11,13H,6,8,10H2,2H3,(H,24,25,26)/t13-/m1/s1. The SMILES string of the molecule is [C-]#[N+]c1ccc(N(C)[C@@H]2CCN(c3ncnc4[nH]ccc34)C2)c(C(F)(F)F)c1. The Morgan fingerprint density at radius 2 is 2.11 bits per heavy atom. The van der Waals surface area contributed by atoms with E-state index in [0.717, 1.165) is 22.9 Å². The summed E-state index contributed by atoms with van der Waals surface area (Å²) in [6, 6.07) is 5.51. The molecule has 3 heterocycles. The van der Waals surface area contributed by atoms with Crippen LogP contribution in [0.15, 0.2) is 36.8 Å². The molecular formula is C19H17F3N6. The lowest BCUT2D eigenvalue weighted by Gasteiger charge is -2.30. The van der Waals surface area contributed by atoms with Crippen molar-refractivity contribution in [1.82, 2.24) is 15.0 Å². The summed E-state index contributed by atoms with van der Waals surface area (Å²) in [5.74, 6) is 0.779. The molecule has 1 aliphatic rings. The van der Waals surface area contributed by atoms with Crippen molar-refractivity contribution in [1.29, 1.82) is 0 Å². The van der Waals surface area contributed by atoms with Gasteiger partial charge in [-0.25, -0.2) is 14.8 Å². The summed E-state index contributed by atoms with van der Waals surface area (Å²) in [7, 11) is 1.67. The molecule has 2 aromatic heterocycles. The monoisotopic (exact) mass is 386 g/mol. The average Bonchev–Trinajstić information content (AvgIpc) is 3.35. The fourth-order valence-corrected chi connectivity index (χ4v) is 3.69. The number of hydrogen-bond acceptors (Lipinski definition) is 4. The van der Waals surface area contributed by atoms with Gasteiger partial charge in [0.05, 0.1) is 17.5 Å². The van der Waals surface area contributed by atoms with E-state index in [0.29, 0.717) is 19.5 Å². The molecule has 0 spiro atoms. The van der Waals surface area contributed by atoms with Gasteiger partial charge in [-0.3, -0.25) is 0 Å². The van der Waals surface area contributed by atoms with E-state index >= 15 is 0 Å². The Hall–Kier alpha value is -3.28. The molecule has 0 radical (unpaired) electrons. The lowest BCUT2D eigenvalue weighted by Crippen LogP contribution is -2.36. The fourth-order valence-electron chi connectivity index (χ4n) is 3.69. The first-order valence-electron chi connectivity index (χ1n) is 8.73. The molecule has 1 fully saturated rings. The number of nitrogens with one attached hydrogen (secondary N) is 1. The topological polar surface area (TPSA) is 52.4 Å². The van der Waals surface area contributed by atoms with Gasteiger partial charge in [0.1, 0.15) is 17.8 Å². The summed E-state index contributed by atoms with van der Waals surface area (Å²) >= 11 is 0. The number of aromatic nitrogens is 3. The number of hydrogen-bond donors (Lipinski definition) is 1. The lowest BCUT2D eigenvalue weighted by molar-refractivity contribution is -0.137. The van der Waals surface area contributed by atoms with E-state index in [2.05, 4.69) is 24.7 Å². The van der Waals surface area contributed by atoms with Crippen molar-refractivity contribution in [3.63, 3.8) is 0 Å². The fraction of sp³-hybridized carbons (Fsp3) is 0.316. The van der Waals surface area contributed by atoms with Crippen LogP contribution in [0, 0.1) is 6.57 Å². The number of anilines is 2. The Morgan fingerprint density at radius 1 is 1.29 bits per heavy atom. The maximum Gasteiger partial charge on any atom is 0.417 e. The van der Waals surface area contributed by atoms with Gasteiger partial charge in [-0.1, -0.05) is 6.07 Å². The summed E-state index contributed by atoms with van der Waals surface area (Å²) < 4.78 is 40.6. The third-order valence-electron chi connectivity index (χ3n) is 5.14. The summed E-state index contributed by atoms with van der Waals surface area (Å²) in [6.45, 7) is 8.23. The summed E-state index contributed by atoms with van der Waals surface area (Å²) in [4.78, 5) is 18.4. The van der Waals surface area contributed by atoms with E-state index in [1.54, 1.807) is 18.1 Å². The van der Waals surface area contributed by atoms with Crippen molar-refractivity contribution in [3.05, 3.63) is 53.8 Å². The number of rotatable bonds is 3. The van der Waals surface area contributed by atoms with Crippen molar-refractivity contribution in [3.8, 4) is 0 Å². The van der Waals surface area contributed by atoms with Crippen LogP contribution in [0.1, 0.15) is 12.0 Å². The van der Waals surface area contributed by atoms with E-state index in [4.69, 9.17) is 6.57 Å². The van der Waals surface area contributed by atoms with Crippen LogP contribution in [0.25, 0.3) is 15.9 Å². The van der Waals surface area contributed by atoms with Gasteiger partial charge in [-0.05, 0) is 24.6 Å². The Kier molecular flexibility index (Phi) is 4.34. The predicted molar refractivity (Wildman–Crippen MR) is 101 cm³/mol. The smallest absolute Gasteiger partial charge is 0.369 e. The van der Waals surface area contributed by atoms with E-state index in [1.807, 2.05) is 6.07 Å². The quantitative estimate of drug-likeness (QED) is 0.684. The van der Waals surface area contributed by atoms with E-state index < -0.39 is 11.7 Å². The molecule has 1 atom stereocenters. The van der Waals surface area contributed by atoms with E-state index in [9.17, 15) is 13.2 Å². The van der Waals surface area contributed by atoms with Crippen LogP contribution in [0.3, 0.4) is 0 Å². The van der Waals surface area contributed by atoms with Crippen molar-refractivity contribution < 1.29 is 13.2 Å². The first kappa shape index (κ1) is 18.1. The summed E-state index contributed by atoms with van der Waals surface area (Å²) in [5, 5.41) is 0.892. The molecule has 3 aromatic rings. The van der Waals surface area contributed by atoms with Crippen LogP contribution in [-0.4, -0.2) is 41.1 Å². The molecule has 0 aliphatic carbocycles. The van der Waals surface area contributed by atoms with Gasteiger partial charge in [0.25, 0.3) is 0 Å². The number of alkyl halides is 3. The molecule has 9 heteroatoms. The third-order valence-corrected chi connectivity index (χ3v) is 5.14. The number of likely N-dealkylation sites (N-methyl/N-ethyl adjacent to an activating group) is 1. The van der Waals surface area contributed by atoms with Gasteiger partial charge < -0.3 is 14.8 Å². The highest BCUT2D eigenvalue weighted by Crippen LogP contribution is 2.40. The first-order chi connectivity index (χ1) is 13.4. The van der Waals surface area contributed by atoms with Crippen LogP contribution in [-0.2, 0) is 6.18 Å². The van der Waals surface area contributed by atoms with Crippen molar-refractivity contribution in [2.45, 2.75) is 18.6 Å². The van der Waals surface area contributed by atoms with Gasteiger partial charge in [-0.2, -0.15) is 13.2 Å². The minimum atomic E-state index is -4.52. The average molecular weight is 386 g/mol. The number of fused-ring (bicyclic) bond motifs is 1.